The molecule has 0 atom stereocenters. The van der Waals surface area contributed by atoms with Crippen LogP contribution in [0.3, 0.4) is 0 Å². The Morgan fingerprint density at radius 3 is 2.62 bits per heavy atom. The SMILES string of the molecule is COc1c(C(F)F)ncc(Br)c1C. The summed E-state index contributed by atoms with van der Waals surface area (Å²) in [7, 11) is 1.35. The molecule has 0 saturated carbocycles. The summed E-state index contributed by atoms with van der Waals surface area (Å²) >= 11 is 3.18. The summed E-state index contributed by atoms with van der Waals surface area (Å²) in [6.45, 7) is 1.69. The average Bonchev–Trinajstić information content (AvgIpc) is 2.09. The van der Waals surface area contributed by atoms with E-state index >= 15 is 0 Å². The van der Waals surface area contributed by atoms with Crippen molar-refractivity contribution in [1.82, 2.24) is 4.98 Å². The number of hydrogen-bond donors (Lipinski definition) is 0. The Labute approximate surface area is 83.1 Å². The zero-order valence-electron chi connectivity index (χ0n) is 7.14. The second kappa shape index (κ2) is 4.00. The highest BCUT2D eigenvalue weighted by molar-refractivity contribution is 9.10. The Bertz CT molecular complexity index is 317. The third kappa shape index (κ3) is 1.96. The zero-order valence-corrected chi connectivity index (χ0v) is 8.73. The van der Waals surface area contributed by atoms with Crippen molar-refractivity contribution in [3.05, 3.63) is 21.9 Å². The number of ether oxygens (including phenoxy) is 1. The Balaban J connectivity index is 3.30. The number of pyridine rings is 1. The van der Waals surface area contributed by atoms with Crippen LogP contribution in [-0.2, 0) is 0 Å². The summed E-state index contributed by atoms with van der Waals surface area (Å²) in [5.74, 6) is 0.143. The highest BCUT2D eigenvalue weighted by atomic mass is 79.9. The van der Waals surface area contributed by atoms with Gasteiger partial charge in [0.2, 0.25) is 0 Å². The molecule has 0 fully saturated rings. The van der Waals surface area contributed by atoms with Crippen LogP contribution < -0.4 is 4.74 Å². The molecule has 0 amide bonds. The molecule has 0 saturated heterocycles. The molecule has 2 nitrogen and oxygen atoms in total. The maximum atomic E-state index is 12.4. The third-order valence-corrected chi connectivity index (χ3v) is 2.46. The van der Waals surface area contributed by atoms with Crippen molar-refractivity contribution in [2.24, 2.45) is 0 Å². The van der Waals surface area contributed by atoms with Crippen molar-refractivity contribution in [3.8, 4) is 5.75 Å². The predicted octanol–water partition coefficient (Wildman–Crippen LogP) is 3.10. The van der Waals surface area contributed by atoms with Crippen molar-refractivity contribution in [2.45, 2.75) is 13.3 Å². The highest BCUT2D eigenvalue weighted by Gasteiger charge is 2.18. The molecule has 5 heteroatoms. The molecule has 0 radical (unpaired) electrons. The van der Waals surface area contributed by atoms with Gasteiger partial charge in [-0.05, 0) is 22.9 Å². The number of halogens is 3. The normalized spacial score (nSPS) is 10.6. The van der Waals surface area contributed by atoms with E-state index in [-0.39, 0.29) is 11.4 Å². The van der Waals surface area contributed by atoms with Gasteiger partial charge in [-0.3, -0.25) is 4.98 Å². The molecule has 0 N–H and O–H groups in total. The number of rotatable bonds is 2. The quantitative estimate of drug-likeness (QED) is 0.806. The lowest BCUT2D eigenvalue weighted by atomic mass is 10.2. The van der Waals surface area contributed by atoms with Gasteiger partial charge in [-0.25, -0.2) is 8.78 Å². The highest BCUT2D eigenvalue weighted by Crippen LogP contribution is 2.33. The maximum absolute atomic E-state index is 12.4. The van der Waals surface area contributed by atoms with Crippen LogP contribution in [0.25, 0.3) is 0 Å². The number of alkyl halides is 2. The number of nitrogens with zero attached hydrogens (tertiary/aromatic N) is 1. The topological polar surface area (TPSA) is 22.1 Å². The van der Waals surface area contributed by atoms with E-state index in [4.69, 9.17) is 4.74 Å². The molecule has 1 aromatic heterocycles. The third-order valence-electron chi connectivity index (χ3n) is 1.66. The molecule has 13 heavy (non-hydrogen) atoms. The van der Waals surface area contributed by atoms with Crippen molar-refractivity contribution < 1.29 is 13.5 Å². The summed E-state index contributed by atoms with van der Waals surface area (Å²) in [5, 5.41) is 0. The lowest BCUT2D eigenvalue weighted by molar-refractivity contribution is 0.141. The Morgan fingerprint density at radius 2 is 2.15 bits per heavy atom. The molecule has 0 aliphatic carbocycles. The second-order valence-corrected chi connectivity index (χ2v) is 3.30. The number of hydrogen-bond acceptors (Lipinski definition) is 2. The number of aromatic nitrogens is 1. The molecular weight excluding hydrogens is 244 g/mol. The molecule has 1 rings (SSSR count). The van der Waals surface area contributed by atoms with Crippen LogP contribution in [0.4, 0.5) is 8.78 Å². The summed E-state index contributed by atoms with van der Waals surface area (Å²) in [5.41, 5.74) is 0.316. The lowest BCUT2D eigenvalue weighted by Gasteiger charge is -2.10. The summed E-state index contributed by atoms with van der Waals surface area (Å²) in [6, 6.07) is 0. The van der Waals surface area contributed by atoms with Gasteiger partial charge in [0.1, 0.15) is 11.4 Å². The van der Waals surface area contributed by atoms with Gasteiger partial charge < -0.3 is 4.74 Å². The molecule has 0 aromatic carbocycles. The molecule has 0 aliphatic rings. The summed E-state index contributed by atoms with van der Waals surface area (Å²) < 4.78 is 30.2. The first kappa shape index (κ1) is 10.4. The fourth-order valence-electron chi connectivity index (χ4n) is 0.995. The Hall–Kier alpha value is -0.710. The van der Waals surface area contributed by atoms with Crippen molar-refractivity contribution >= 4 is 15.9 Å². The fourth-order valence-corrected chi connectivity index (χ4v) is 1.28. The van der Waals surface area contributed by atoms with Gasteiger partial charge in [-0.1, -0.05) is 0 Å². The van der Waals surface area contributed by atoms with E-state index in [1.165, 1.54) is 13.3 Å². The van der Waals surface area contributed by atoms with Gasteiger partial charge >= 0.3 is 0 Å². The van der Waals surface area contributed by atoms with Crippen LogP contribution in [0, 0.1) is 6.92 Å². The van der Waals surface area contributed by atoms with Crippen LogP contribution >= 0.6 is 15.9 Å². The number of methoxy groups -OCH3 is 1. The standard InChI is InChI=1S/C8H8BrF2NO/c1-4-5(9)3-12-6(8(10)11)7(4)13-2/h3,8H,1-2H3. The molecular formula is C8H8BrF2NO. The molecule has 0 spiro atoms. The molecule has 1 heterocycles. The Kier molecular flexibility index (Phi) is 3.19. The minimum absolute atomic E-state index is 0.143. The van der Waals surface area contributed by atoms with Crippen LogP contribution in [0.1, 0.15) is 17.7 Å². The molecule has 72 valence electrons. The van der Waals surface area contributed by atoms with E-state index in [1.807, 2.05) is 0 Å². The van der Waals surface area contributed by atoms with Gasteiger partial charge in [0.25, 0.3) is 6.43 Å². The fraction of sp³-hybridized carbons (Fsp3) is 0.375. The van der Waals surface area contributed by atoms with Crippen molar-refractivity contribution in [2.75, 3.05) is 7.11 Å². The van der Waals surface area contributed by atoms with Gasteiger partial charge in [0.05, 0.1) is 7.11 Å². The van der Waals surface area contributed by atoms with E-state index in [2.05, 4.69) is 20.9 Å². The second-order valence-electron chi connectivity index (χ2n) is 2.45. The minimum atomic E-state index is -2.61. The van der Waals surface area contributed by atoms with Crippen molar-refractivity contribution in [3.63, 3.8) is 0 Å². The smallest absolute Gasteiger partial charge is 0.284 e. The van der Waals surface area contributed by atoms with Crippen LogP contribution in [0.5, 0.6) is 5.75 Å². The molecule has 1 aromatic rings. The minimum Gasteiger partial charge on any atom is -0.494 e. The van der Waals surface area contributed by atoms with Crippen LogP contribution in [-0.4, -0.2) is 12.1 Å². The van der Waals surface area contributed by atoms with E-state index in [9.17, 15) is 8.78 Å². The van der Waals surface area contributed by atoms with Gasteiger partial charge in [-0.2, -0.15) is 0 Å². The molecule has 0 unspecified atom stereocenters. The first-order valence-electron chi connectivity index (χ1n) is 3.55. The zero-order chi connectivity index (χ0) is 10.0. The predicted molar refractivity (Wildman–Crippen MR) is 48.2 cm³/mol. The first-order chi connectivity index (χ1) is 6.07. The van der Waals surface area contributed by atoms with E-state index in [0.717, 1.165) is 0 Å². The maximum Gasteiger partial charge on any atom is 0.284 e. The molecule has 0 bridgehead atoms. The van der Waals surface area contributed by atoms with Gasteiger partial charge in [0, 0.05) is 16.2 Å². The van der Waals surface area contributed by atoms with Gasteiger partial charge in [-0.15, -0.1) is 0 Å². The summed E-state index contributed by atoms with van der Waals surface area (Å²) in [6.07, 6.45) is -1.26. The molecule has 0 aliphatic heterocycles. The summed E-state index contributed by atoms with van der Waals surface area (Å²) in [4.78, 5) is 3.59. The average molecular weight is 252 g/mol. The monoisotopic (exact) mass is 251 g/mol. The lowest BCUT2D eigenvalue weighted by Crippen LogP contribution is -1.99. The van der Waals surface area contributed by atoms with E-state index in [0.29, 0.717) is 10.0 Å². The Morgan fingerprint density at radius 1 is 1.54 bits per heavy atom. The van der Waals surface area contributed by atoms with Crippen molar-refractivity contribution in [1.29, 1.82) is 0 Å². The van der Waals surface area contributed by atoms with Crippen LogP contribution in [0.2, 0.25) is 0 Å². The first-order valence-corrected chi connectivity index (χ1v) is 4.34. The largest absolute Gasteiger partial charge is 0.494 e. The van der Waals surface area contributed by atoms with Gasteiger partial charge in [0.15, 0.2) is 0 Å². The van der Waals surface area contributed by atoms with Crippen LogP contribution in [0.15, 0.2) is 10.7 Å². The van der Waals surface area contributed by atoms with E-state index in [1.54, 1.807) is 6.92 Å². The van der Waals surface area contributed by atoms with E-state index < -0.39 is 6.43 Å².